The lowest BCUT2D eigenvalue weighted by Crippen LogP contribution is -2.43. The molecule has 0 atom stereocenters. The lowest BCUT2D eigenvalue weighted by molar-refractivity contribution is -0.125. The van der Waals surface area contributed by atoms with Crippen molar-refractivity contribution >= 4 is 22.9 Å². The van der Waals surface area contributed by atoms with Crippen LogP contribution in [0.15, 0.2) is 71.9 Å². The Morgan fingerprint density at radius 3 is 2.54 bits per heavy atom. The molecule has 0 saturated carbocycles. The van der Waals surface area contributed by atoms with Gasteiger partial charge in [0.15, 0.2) is 11.5 Å². The second-order valence-corrected chi connectivity index (χ2v) is 9.00. The van der Waals surface area contributed by atoms with Gasteiger partial charge in [0, 0.05) is 44.1 Å². The molecule has 1 aliphatic heterocycles. The molecule has 0 aliphatic carbocycles. The minimum absolute atomic E-state index is 0.0426. The number of carbonyl (C=O) groups excluding carboxylic acids is 1. The Morgan fingerprint density at radius 2 is 1.80 bits per heavy atom. The number of fused-ring (bicyclic) bond motifs is 1. The minimum Gasteiger partial charge on any atom is -0.352 e. The molecule has 1 aromatic carbocycles. The van der Waals surface area contributed by atoms with E-state index in [9.17, 15) is 9.59 Å². The van der Waals surface area contributed by atoms with Crippen LogP contribution in [0.1, 0.15) is 29.5 Å². The highest BCUT2D eigenvalue weighted by Gasteiger charge is 2.27. The molecular formula is C27H28N6O2. The molecular weight excluding hydrogens is 440 g/mol. The first-order chi connectivity index (χ1) is 17.1. The highest BCUT2D eigenvalue weighted by molar-refractivity contribution is 5.79. The van der Waals surface area contributed by atoms with Crippen molar-refractivity contribution in [1.82, 2.24) is 24.8 Å². The smallest absolute Gasteiger partial charge is 0.295 e. The molecule has 0 spiro atoms. The van der Waals surface area contributed by atoms with Crippen LogP contribution in [0.25, 0.3) is 11.2 Å². The van der Waals surface area contributed by atoms with E-state index in [1.807, 2.05) is 60.4 Å². The second-order valence-electron chi connectivity index (χ2n) is 9.00. The van der Waals surface area contributed by atoms with Gasteiger partial charge < -0.3 is 10.2 Å². The van der Waals surface area contributed by atoms with E-state index in [0.29, 0.717) is 56.0 Å². The number of nitrogens with one attached hydrogen (secondary N) is 1. The van der Waals surface area contributed by atoms with Crippen LogP contribution >= 0.6 is 0 Å². The quantitative estimate of drug-likeness (QED) is 0.468. The van der Waals surface area contributed by atoms with Gasteiger partial charge >= 0.3 is 0 Å². The number of amides is 1. The van der Waals surface area contributed by atoms with Crippen molar-refractivity contribution in [2.24, 2.45) is 5.92 Å². The zero-order chi connectivity index (χ0) is 24.2. The summed E-state index contributed by atoms with van der Waals surface area (Å²) in [6, 6.07) is 15.7. The summed E-state index contributed by atoms with van der Waals surface area (Å²) in [5.41, 5.74) is 4.28. The molecule has 0 radical (unpaired) electrons. The Morgan fingerprint density at radius 1 is 1.03 bits per heavy atom. The number of rotatable bonds is 6. The summed E-state index contributed by atoms with van der Waals surface area (Å²) in [5, 5.41) is 3.01. The highest BCUT2D eigenvalue weighted by atomic mass is 16.2. The number of pyridine rings is 2. The van der Waals surface area contributed by atoms with E-state index in [4.69, 9.17) is 0 Å². The van der Waals surface area contributed by atoms with Gasteiger partial charge in [-0.3, -0.25) is 19.1 Å². The second kappa shape index (κ2) is 10.0. The van der Waals surface area contributed by atoms with E-state index < -0.39 is 0 Å². The van der Waals surface area contributed by atoms with E-state index >= 15 is 0 Å². The van der Waals surface area contributed by atoms with Gasteiger partial charge in [-0.2, -0.15) is 0 Å². The van der Waals surface area contributed by atoms with Crippen molar-refractivity contribution in [3.8, 4) is 0 Å². The van der Waals surface area contributed by atoms with Gasteiger partial charge in [0.25, 0.3) is 5.56 Å². The monoisotopic (exact) mass is 468 g/mol. The number of benzene rings is 1. The van der Waals surface area contributed by atoms with E-state index in [-0.39, 0.29) is 17.4 Å². The number of carbonyl (C=O) groups is 1. The number of aromatic nitrogens is 4. The number of anilines is 1. The van der Waals surface area contributed by atoms with E-state index in [1.54, 1.807) is 23.2 Å². The fourth-order valence-electron chi connectivity index (χ4n) is 4.48. The average Bonchev–Trinajstić information content (AvgIpc) is 2.90. The van der Waals surface area contributed by atoms with Crippen molar-refractivity contribution in [3.05, 3.63) is 94.2 Å². The van der Waals surface area contributed by atoms with Crippen LogP contribution in [0.3, 0.4) is 0 Å². The van der Waals surface area contributed by atoms with Crippen molar-refractivity contribution < 1.29 is 4.79 Å². The SMILES string of the molecule is Cc1ccc(Cn2c(=O)c(N3CCC(C(=O)NCc4cccnc4)CC3)nc3cccnc32)cc1. The van der Waals surface area contributed by atoms with Crippen LogP contribution in [0.4, 0.5) is 5.82 Å². The Bertz CT molecular complexity index is 1380. The zero-order valence-electron chi connectivity index (χ0n) is 19.7. The lowest BCUT2D eigenvalue weighted by Gasteiger charge is -2.32. The van der Waals surface area contributed by atoms with Gasteiger partial charge in [0.1, 0.15) is 5.52 Å². The molecule has 0 bridgehead atoms. The summed E-state index contributed by atoms with van der Waals surface area (Å²) >= 11 is 0. The molecule has 5 rings (SSSR count). The highest BCUT2D eigenvalue weighted by Crippen LogP contribution is 2.22. The Labute approximate surface area is 203 Å². The molecule has 8 heteroatoms. The first kappa shape index (κ1) is 22.7. The largest absolute Gasteiger partial charge is 0.352 e. The predicted octanol–water partition coefficient (Wildman–Crippen LogP) is 3.08. The van der Waals surface area contributed by atoms with Crippen molar-refractivity contribution in [1.29, 1.82) is 0 Å². The van der Waals surface area contributed by atoms with Crippen LogP contribution in [0.2, 0.25) is 0 Å². The van der Waals surface area contributed by atoms with Crippen LogP contribution < -0.4 is 15.8 Å². The maximum Gasteiger partial charge on any atom is 0.295 e. The van der Waals surface area contributed by atoms with Gasteiger partial charge in [-0.25, -0.2) is 9.97 Å². The molecule has 1 fully saturated rings. The third kappa shape index (κ3) is 5.06. The molecule has 0 unspecified atom stereocenters. The predicted molar refractivity (Wildman–Crippen MR) is 135 cm³/mol. The van der Waals surface area contributed by atoms with Crippen LogP contribution in [-0.4, -0.2) is 38.5 Å². The number of piperidine rings is 1. The van der Waals surface area contributed by atoms with Crippen molar-refractivity contribution in [3.63, 3.8) is 0 Å². The maximum absolute atomic E-state index is 13.6. The minimum atomic E-state index is -0.156. The van der Waals surface area contributed by atoms with Gasteiger partial charge in [-0.05, 0) is 49.1 Å². The molecule has 1 aliphatic rings. The van der Waals surface area contributed by atoms with Crippen molar-refractivity contribution in [2.75, 3.05) is 18.0 Å². The molecule has 35 heavy (non-hydrogen) atoms. The third-order valence-electron chi connectivity index (χ3n) is 6.50. The molecule has 178 valence electrons. The first-order valence-corrected chi connectivity index (χ1v) is 11.9. The fourth-order valence-corrected chi connectivity index (χ4v) is 4.48. The Hall–Kier alpha value is -4.07. The van der Waals surface area contributed by atoms with Gasteiger partial charge in [-0.1, -0.05) is 35.9 Å². The number of aryl methyl sites for hydroxylation is 1. The Kier molecular flexibility index (Phi) is 6.52. The molecule has 8 nitrogen and oxygen atoms in total. The summed E-state index contributed by atoms with van der Waals surface area (Å²) in [6.45, 7) is 4.14. The third-order valence-corrected chi connectivity index (χ3v) is 6.50. The van der Waals surface area contributed by atoms with Gasteiger partial charge in [-0.15, -0.1) is 0 Å². The van der Waals surface area contributed by atoms with Gasteiger partial charge in [0.05, 0.1) is 6.54 Å². The topological polar surface area (TPSA) is 93.0 Å². The number of nitrogens with zero attached hydrogens (tertiary/aromatic N) is 5. The van der Waals surface area contributed by atoms with Crippen LogP contribution in [0, 0.1) is 12.8 Å². The van der Waals surface area contributed by atoms with Crippen molar-refractivity contribution in [2.45, 2.75) is 32.9 Å². The summed E-state index contributed by atoms with van der Waals surface area (Å²) < 4.78 is 1.70. The van der Waals surface area contributed by atoms with Crippen LogP contribution in [0.5, 0.6) is 0 Å². The van der Waals surface area contributed by atoms with E-state index in [0.717, 1.165) is 11.1 Å². The normalized spacial score (nSPS) is 14.3. The molecule has 3 aromatic heterocycles. The number of hydrogen-bond acceptors (Lipinski definition) is 6. The lowest BCUT2D eigenvalue weighted by atomic mass is 9.96. The summed E-state index contributed by atoms with van der Waals surface area (Å²) in [7, 11) is 0. The molecule has 1 saturated heterocycles. The zero-order valence-corrected chi connectivity index (χ0v) is 19.7. The fraction of sp³-hybridized carbons (Fsp3) is 0.296. The van der Waals surface area contributed by atoms with Gasteiger partial charge in [0.2, 0.25) is 5.91 Å². The molecule has 4 aromatic rings. The molecule has 4 heterocycles. The van der Waals surface area contributed by atoms with E-state index in [1.165, 1.54) is 5.56 Å². The standard InChI is InChI=1S/C27H28N6O2/c1-19-6-8-20(9-7-19)18-33-24-23(5-3-13-29-24)31-25(27(33)35)32-14-10-22(11-15-32)26(34)30-17-21-4-2-12-28-16-21/h2-9,12-13,16,22H,10-11,14-15,17-18H2,1H3,(H,30,34). The van der Waals surface area contributed by atoms with E-state index in [2.05, 4.69) is 20.3 Å². The Balaban J connectivity index is 1.33. The average molecular weight is 469 g/mol. The maximum atomic E-state index is 13.6. The first-order valence-electron chi connectivity index (χ1n) is 11.9. The molecule has 1 amide bonds. The molecule has 1 N–H and O–H groups in total. The number of hydrogen-bond donors (Lipinski definition) is 1. The summed E-state index contributed by atoms with van der Waals surface area (Å²) in [6.07, 6.45) is 6.49. The summed E-state index contributed by atoms with van der Waals surface area (Å²) in [5.74, 6) is 0.382. The van der Waals surface area contributed by atoms with Crippen LogP contribution in [-0.2, 0) is 17.9 Å². The summed E-state index contributed by atoms with van der Waals surface area (Å²) in [4.78, 5) is 41.5.